The molecule has 0 amide bonds. The molecule has 1 radical (unpaired) electrons. The van der Waals surface area contributed by atoms with Crippen molar-refractivity contribution in [3.63, 3.8) is 0 Å². The van der Waals surface area contributed by atoms with Crippen LogP contribution in [-0.4, -0.2) is 5.48 Å². The standard InChI is InChI=1S/CH3.HNO2.H2O.Y/c;2-1-3;;/h1H3;(H,2,3);1H2;/q-1;;;/p-1. The minimum Gasteiger partial charge on any atom is -0.444 e. The molecule has 2 N–H and O–H groups in total. The first-order chi connectivity index (χ1) is 1.41. The molecule has 5 heteroatoms. The van der Waals surface area contributed by atoms with Crippen molar-refractivity contribution in [2.45, 2.75) is 0 Å². The van der Waals surface area contributed by atoms with Crippen LogP contribution < -0.4 is 0 Å². The normalized spacial score (nSPS) is 2.00. The zero-order valence-electron chi connectivity index (χ0n) is 3.34. The number of nitrogens with zero attached hydrogens (tertiary/aromatic N) is 1. The first kappa shape index (κ1) is 31.8. The minimum absolute atomic E-state index is 0. The van der Waals surface area contributed by atoms with Crippen LogP contribution in [0, 0.1) is 17.5 Å². The molecule has 0 aromatic carbocycles. The first-order valence-corrected chi connectivity index (χ1v) is 0.365. The van der Waals surface area contributed by atoms with E-state index in [4.69, 9.17) is 10.1 Å². The van der Waals surface area contributed by atoms with E-state index in [9.17, 15) is 0 Å². The Bertz CT molecular complexity index is 18.3. The SMILES string of the molecule is O.O=N[O-].[CH3-].[Y]. The Morgan fingerprint density at radius 3 is 1.50 bits per heavy atom. The van der Waals surface area contributed by atoms with Crippen molar-refractivity contribution in [3.05, 3.63) is 17.5 Å². The van der Waals surface area contributed by atoms with Crippen LogP contribution in [0.2, 0.25) is 0 Å². The molecule has 0 atom stereocenters. The third-order valence-corrected chi connectivity index (χ3v) is 0. The third-order valence-electron chi connectivity index (χ3n) is 0. The van der Waals surface area contributed by atoms with Crippen molar-refractivity contribution in [2.75, 3.05) is 0 Å². The molecule has 0 heterocycles. The molecule has 0 rings (SSSR count). The number of rotatable bonds is 0. The van der Waals surface area contributed by atoms with Crippen molar-refractivity contribution in [1.82, 2.24) is 0 Å². The number of hydrogen-bond acceptors (Lipinski definition) is 3. The second-order valence-corrected chi connectivity index (χ2v) is 0.0745. The predicted molar refractivity (Wildman–Crippen MR) is 19.2 cm³/mol. The maximum atomic E-state index is 8.00. The Morgan fingerprint density at radius 2 is 1.50 bits per heavy atom. The van der Waals surface area contributed by atoms with Crippen molar-refractivity contribution in [2.24, 2.45) is 5.34 Å². The zero-order chi connectivity index (χ0) is 2.71. The maximum Gasteiger partial charge on any atom is 0 e. The molecule has 0 unspecified atom stereocenters. The molecular weight excluding hydrogens is 163 g/mol. The monoisotopic (exact) mass is 168 g/mol. The van der Waals surface area contributed by atoms with E-state index in [1.165, 1.54) is 0 Å². The van der Waals surface area contributed by atoms with Gasteiger partial charge in [0.1, 0.15) is 0 Å². The summed E-state index contributed by atoms with van der Waals surface area (Å²) in [6, 6.07) is 0. The molecule has 0 bridgehead atoms. The quantitative estimate of drug-likeness (QED) is 0.286. The molecule has 0 aromatic rings. The average Bonchev–Trinajstić information content (AvgIpc) is 0.918. The molecule has 37 valence electrons. The predicted octanol–water partition coefficient (Wildman–Crippen LogP) is -0.126. The van der Waals surface area contributed by atoms with Crippen LogP contribution in [-0.2, 0) is 32.7 Å². The van der Waals surface area contributed by atoms with E-state index >= 15 is 0 Å². The van der Waals surface area contributed by atoms with Gasteiger partial charge in [-0.2, -0.15) is 0 Å². The Labute approximate surface area is 61.1 Å². The summed E-state index contributed by atoms with van der Waals surface area (Å²) in [5, 5.41) is 9.00. The van der Waals surface area contributed by atoms with E-state index in [2.05, 4.69) is 0 Å². The molecule has 0 spiro atoms. The molecule has 0 aromatic heterocycles. The van der Waals surface area contributed by atoms with Crippen LogP contribution in [0.25, 0.3) is 0 Å². The van der Waals surface area contributed by atoms with Crippen LogP contribution in [0.3, 0.4) is 0 Å². The zero-order valence-corrected chi connectivity index (χ0v) is 6.18. The summed E-state index contributed by atoms with van der Waals surface area (Å²) >= 11 is 0. The third kappa shape index (κ3) is 249. The average molecular weight is 168 g/mol. The number of hydrogen-bond donors (Lipinski definition) is 0. The Hall–Kier alpha value is 0.464. The van der Waals surface area contributed by atoms with Gasteiger partial charge in [-0.3, -0.25) is 0 Å². The van der Waals surface area contributed by atoms with Gasteiger partial charge in [0, 0.05) is 32.7 Å². The molecule has 0 saturated carbocycles. The van der Waals surface area contributed by atoms with E-state index in [-0.39, 0.29) is 45.6 Å². The smallest absolute Gasteiger partial charge is 0 e. The van der Waals surface area contributed by atoms with Crippen LogP contribution in [0.5, 0.6) is 0 Å². The molecule has 6 heavy (non-hydrogen) atoms. The summed E-state index contributed by atoms with van der Waals surface area (Å²) in [7, 11) is 0. The first-order valence-electron chi connectivity index (χ1n) is 0.365. The van der Waals surface area contributed by atoms with Crippen molar-refractivity contribution >= 4 is 0 Å². The summed E-state index contributed by atoms with van der Waals surface area (Å²) in [4.78, 5) is 8.00. The van der Waals surface area contributed by atoms with Crippen molar-refractivity contribution < 1.29 is 38.2 Å². The molecule has 0 aliphatic carbocycles. The van der Waals surface area contributed by atoms with Gasteiger partial charge in [-0.05, 0) is 0 Å². The van der Waals surface area contributed by atoms with Crippen LogP contribution in [0.15, 0.2) is 5.34 Å². The van der Waals surface area contributed by atoms with Gasteiger partial charge in [0.15, 0.2) is 0 Å². The fourth-order valence-electron chi connectivity index (χ4n) is 0. The summed E-state index contributed by atoms with van der Waals surface area (Å²) in [5.74, 6) is 0. The van der Waals surface area contributed by atoms with E-state index in [1.807, 2.05) is 0 Å². The molecular formula is CH5NO3Y-2. The van der Waals surface area contributed by atoms with Gasteiger partial charge in [0.25, 0.3) is 0 Å². The summed E-state index contributed by atoms with van der Waals surface area (Å²) in [6.45, 7) is 0. The van der Waals surface area contributed by atoms with Gasteiger partial charge in [-0.25, -0.2) is 0 Å². The van der Waals surface area contributed by atoms with Gasteiger partial charge >= 0.3 is 0 Å². The van der Waals surface area contributed by atoms with Gasteiger partial charge in [0.2, 0.25) is 0 Å². The molecule has 0 aliphatic heterocycles. The Balaban J connectivity index is -0.00000000667. The Kier molecular flexibility index (Phi) is 269. The maximum absolute atomic E-state index is 8.00. The van der Waals surface area contributed by atoms with E-state index in [0.29, 0.717) is 0 Å². The molecule has 4 nitrogen and oxygen atoms in total. The van der Waals surface area contributed by atoms with Gasteiger partial charge in [-0.15, -0.1) is 5.34 Å². The summed E-state index contributed by atoms with van der Waals surface area (Å²) in [6.07, 6.45) is 0. The Morgan fingerprint density at radius 1 is 1.50 bits per heavy atom. The summed E-state index contributed by atoms with van der Waals surface area (Å²) < 4.78 is 0. The van der Waals surface area contributed by atoms with E-state index in [1.54, 1.807) is 0 Å². The van der Waals surface area contributed by atoms with Gasteiger partial charge < -0.3 is 23.0 Å². The topological polar surface area (TPSA) is 84.0 Å². The fraction of sp³-hybridized carbons (Fsp3) is 0. The molecule has 0 fully saturated rings. The molecule has 0 aliphatic rings. The van der Waals surface area contributed by atoms with E-state index in [0.717, 1.165) is 5.34 Å². The fourth-order valence-corrected chi connectivity index (χ4v) is 0. The second kappa shape index (κ2) is 50.8. The van der Waals surface area contributed by atoms with Crippen LogP contribution in [0.1, 0.15) is 0 Å². The summed E-state index contributed by atoms with van der Waals surface area (Å²) in [5.41, 5.74) is 0. The van der Waals surface area contributed by atoms with Gasteiger partial charge in [0.05, 0.1) is 0 Å². The van der Waals surface area contributed by atoms with Gasteiger partial charge in [-0.1, -0.05) is 0 Å². The van der Waals surface area contributed by atoms with E-state index < -0.39 is 0 Å². The van der Waals surface area contributed by atoms with Crippen molar-refractivity contribution in [1.29, 1.82) is 0 Å². The van der Waals surface area contributed by atoms with Crippen LogP contribution in [0.4, 0.5) is 0 Å². The minimum atomic E-state index is 0. The van der Waals surface area contributed by atoms with Crippen LogP contribution >= 0.6 is 0 Å². The molecule has 0 saturated heterocycles. The van der Waals surface area contributed by atoms with Crippen molar-refractivity contribution in [3.8, 4) is 0 Å². The largest absolute Gasteiger partial charge is 0.444 e. The second-order valence-electron chi connectivity index (χ2n) is 0.0745.